The van der Waals surface area contributed by atoms with Crippen molar-refractivity contribution in [1.82, 2.24) is 25.7 Å². The predicted octanol–water partition coefficient (Wildman–Crippen LogP) is 0.302. The third-order valence-electron chi connectivity index (χ3n) is 5.77. The third kappa shape index (κ3) is 3.64. The van der Waals surface area contributed by atoms with Crippen LogP contribution in [0.2, 0.25) is 0 Å². The molecule has 3 rings (SSSR count). The number of fused-ring (bicyclic) bond motifs is 2. The molecule has 0 unspecified atom stereocenters. The lowest BCUT2D eigenvalue weighted by Gasteiger charge is -2.40. The number of piperidine rings is 2. The molecule has 3 N–H and O–H groups in total. The quantitative estimate of drug-likeness (QED) is 0.481. The Kier molecular flexibility index (Phi) is 5.12. The minimum Gasteiger partial charge on any atom is -0.309 e. The van der Waals surface area contributed by atoms with E-state index in [9.17, 15) is 19.6 Å². The second kappa shape index (κ2) is 7.03. The Labute approximate surface area is 153 Å². The molecule has 0 saturated carbocycles. The summed E-state index contributed by atoms with van der Waals surface area (Å²) in [6.45, 7) is 8.54. The van der Waals surface area contributed by atoms with Gasteiger partial charge in [0.25, 0.3) is 5.91 Å². The maximum atomic E-state index is 12.4. The molecule has 3 aliphatic rings. The van der Waals surface area contributed by atoms with Gasteiger partial charge in [-0.25, -0.2) is 9.86 Å². The Morgan fingerprint density at radius 2 is 1.65 bits per heavy atom. The maximum absolute atomic E-state index is 12.4. The first-order valence-electron chi connectivity index (χ1n) is 9.32. The number of carbonyl (C=O) groups is 3. The zero-order valence-corrected chi connectivity index (χ0v) is 15.7. The lowest BCUT2D eigenvalue weighted by molar-refractivity contribution is -0.134. The van der Waals surface area contributed by atoms with Crippen LogP contribution in [0.15, 0.2) is 0 Å². The zero-order chi connectivity index (χ0) is 19.1. The highest BCUT2D eigenvalue weighted by Crippen LogP contribution is 2.28. The Balaban J connectivity index is 1.46. The molecule has 146 valence electrons. The van der Waals surface area contributed by atoms with Crippen LogP contribution in [0.3, 0.4) is 0 Å². The highest BCUT2D eigenvalue weighted by Gasteiger charge is 2.46. The fourth-order valence-electron chi connectivity index (χ4n) is 4.04. The van der Waals surface area contributed by atoms with Gasteiger partial charge >= 0.3 is 6.03 Å². The lowest BCUT2D eigenvalue weighted by atomic mass is 9.92. The van der Waals surface area contributed by atoms with Crippen molar-refractivity contribution in [2.45, 2.75) is 64.1 Å². The van der Waals surface area contributed by atoms with Gasteiger partial charge in [-0.2, -0.15) is 0 Å². The van der Waals surface area contributed by atoms with Crippen LogP contribution in [0.1, 0.15) is 46.5 Å². The number of amides is 4. The molecule has 2 atom stereocenters. The summed E-state index contributed by atoms with van der Waals surface area (Å²) in [7, 11) is 0. The summed E-state index contributed by atoms with van der Waals surface area (Å²) in [6, 6.07) is -1.44. The predicted molar refractivity (Wildman–Crippen MR) is 92.9 cm³/mol. The summed E-state index contributed by atoms with van der Waals surface area (Å²) in [6.07, 6.45) is 2.55. The number of likely N-dealkylation sites (tertiary alicyclic amines) is 1. The second-order valence-corrected chi connectivity index (χ2v) is 8.44. The Morgan fingerprint density at radius 3 is 2.27 bits per heavy atom. The average molecular weight is 367 g/mol. The summed E-state index contributed by atoms with van der Waals surface area (Å²) < 4.78 is 0. The number of hydrogen-bond donors (Lipinski definition) is 3. The summed E-state index contributed by atoms with van der Waals surface area (Å²) in [5, 5.41) is 10.4. The van der Waals surface area contributed by atoms with Crippen molar-refractivity contribution in [1.29, 1.82) is 0 Å². The van der Waals surface area contributed by atoms with Crippen molar-refractivity contribution in [3.63, 3.8) is 0 Å². The Hall–Kier alpha value is -1.87. The lowest BCUT2D eigenvalue weighted by Crippen LogP contribution is -2.55. The van der Waals surface area contributed by atoms with Crippen molar-refractivity contribution >= 4 is 17.8 Å². The molecule has 0 aliphatic carbocycles. The van der Waals surface area contributed by atoms with Gasteiger partial charge in [-0.05, 0) is 59.5 Å². The van der Waals surface area contributed by atoms with Crippen LogP contribution in [0.5, 0.6) is 0 Å². The van der Waals surface area contributed by atoms with Crippen LogP contribution in [-0.4, -0.2) is 75.2 Å². The number of carbonyl (C=O) groups excluding carboxylic acids is 3. The van der Waals surface area contributed by atoms with Crippen LogP contribution in [0.4, 0.5) is 4.79 Å². The molecule has 0 radical (unpaired) electrons. The molecule has 0 aromatic rings. The molecule has 0 spiro atoms. The van der Waals surface area contributed by atoms with Crippen molar-refractivity contribution in [3.8, 4) is 0 Å². The topological polar surface area (TPSA) is 105 Å². The molecule has 0 aromatic heterocycles. The average Bonchev–Trinajstić information content (AvgIpc) is 2.83. The molecule has 26 heavy (non-hydrogen) atoms. The summed E-state index contributed by atoms with van der Waals surface area (Å²) in [4.78, 5) is 40.4. The monoisotopic (exact) mass is 367 g/mol. The summed E-state index contributed by atoms with van der Waals surface area (Å²) in [5.41, 5.74) is 5.07. The second-order valence-electron chi connectivity index (χ2n) is 8.44. The third-order valence-corrected chi connectivity index (χ3v) is 5.77. The van der Waals surface area contributed by atoms with E-state index in [-0.39, 0.29) is 23.4 Å². The Bertz CT molecular complexity index is 582. The summed E-state index contributed by atoms with van der Waals surface area (Å²) in [5.74, 6) is -0.712. The molecule has 9 nitrogen and oxygen atoms in total. The molecule has 3 heterocycles. The smallest absolute Gasteiger partial charge is 0.309 e. The van der Waals surface area contributed by atoms with E-state index in [1.54, 1.807) is 0 Å². The number of nitrogens with one attached hydrogen (secondary N) is 2. The van der Waals surface area contributed by atoms with Crippen molar-refractivity contribution in [2.75, 3.05) is 19.6 Å². The van der Waals surface area contributed by atoms with Crippen LogP contribution in [0, 0.1) is 5.92 Å². The molecule has 3 saturated heterocycles. The first kappa shape index (κ1) is 18.9. The van der Waals surface area contributed by atoms with E-state index in [1.165, 1.54) is 4.90 Å². The molecule has 2 bridgehead atoms. The molecule has 4 amide bonds. The molecule has 0 aromatic carbocycles. The number of urea groups is 1. The highest BCUT2D eigenvalue weighted by atomic mass is 16.5. The first-order valence-corrected chi connectivity index (χ1v) is 9.32. The number of hydrazine groups is 1. The van der Waals surface area contributed by atoms with Gasteiger partial charge in [-0.15, -0.1) is 0 Å². The largest absolute Gasteiger partial charge is 0.344 e. The molecular weight excluding hydrogens is 338 g/mol. The minimum atomic E-state index is -0.654. The van der Waals surface area contributed by atoms with Crippen LogP contribution < -0.4 is 10.9 Å². The van der Waals surface area contributed by atoms with Gasteiger partial charge in [0.1, 0.15) is 6.04 Å². The van der Waals surface area contributed by atoms with E-state index >= 15 is 0 Å². The van der Waals surface area contributed by atoms with Crippen LogP contribution >= 0.6 is 0 Å². The van der Waals surface area contributed by atoms with Crippen molar-refractivity contribution < 1.29 is 19.6 Å². The fourth-order valence-corrected chi connectivity index (χ4v) is 4.04. The van der Waals surface area contributed by atoms with Gasteiger partial charge in [-0.1, -0.05) is 0 Å². The van der Waals surface area contributed by atoms with Crippen LogP contribution in [-0.2, 0) is 9.59 Å². The number of hydroxylamine groups is 2. The van der Waals surface area contributed by atoms with E-state index in [4.69, 9.17) is 0 Å². The van der Waals surface area contributed by atoms with Gasteiger partial charge < -0.3 is 4.90 Å². The van der Waals surface area contributed by atoms with Gasteiger partial charge in [0, 0.05) is 18.0 Å². The molecule has 9 heteroatoms. The van der Waals surface area contributed by atoms with E-state index in [0.29, 0.717) is 24.4 Å². The SMILES string of the molecule is CC(C)(C)N1CCC(C(=O)NNC(=O)[C@@H]2CC[C@@H]3CN2C(=O)N3O)CC1. The van der Waals surface area contributed by atoms with Gasteiger partial charge in [-0.3, -0.25) is 30.5 Å². The first-order chi connectivity index (χ1) is 12.2. The number of rotatable bonds is 2. The maximum Gasteiger partial charge on any atom is 0.344 e. The van der Waals surface area contributed by atoms with E-state index in [0.717, 1.165) is 25.9 Å². The normalized spacial score (nSPS) is 27.6. The zero-order valence-electron chi connectivity index (χ0n) is 15.7. The van der Waals surface area contributed by atoms with E-state index in [2.05, 4.69) is 36.5 Å². The van der Waals surface area contributed by atoms with Crippen molar-refractivity contribution in [2.24, 2.45) is 5.92 Å². The summed E-state index contributed by atoms with van der Waals surface area (Å²) >= 11 is 0. The fraction of sp³-hybridized carbons (Fsp3) is 0.824. The van der Waals surface area contributed by atoms with Gasteiger partial charge in [0.2, 0.25) is 5.91 Å². The number of nitrogens with zero attached hydrogens (tertiary/aromatic N) is 3. The Morgan fingerprint density at radius 1 is 1.04 bits per heavy atom. The standard InChI is InChI=1S/C17H29N5O4/c1-17(2,3)20-8-6-11(7-9-20)14(23)18-19-15(24)13-5-4-12-10-21(13)16(25)22(12)26/h11-13,26H,4-10H2,1-3H3,(H,18,23)(H,19,24)/t12-,13+/m1/s1. The highest BCUT2D eigenvalue weighted by molar-refractivity contribution is 5.90. The molecule has 3 fully saturated rings. The van der Waals surface area contributed by atoms with Gasteiger partial charge in [0.15, 0.2) is 0 Å². The van der Waals surface area contributed by atoms with E-state index in [1.807, 2.05) is 0 Å². The van der Waals surface area contributed by atoms with Crippen molar-refractivity contribution in [3.05, 3.63) is 0 Å². The van der Waals surface area contributed by atoms with E-state index < -0.39 is 18.0 Å². The van der Waals surface area contributed by atoms with Crippen LogP contribution in [0.25, 0.3) is 0 Å². The van der Waals surface area contributed by atoms with Gasteiger partial charge in [0.05, 0.1) is 6.04 Å². The minimum absolute atomic E-state index is 0.0946. The molecular formula is C17H29N5O4. The number of hydrogen-bond acceptors (Lipinski definition) is 5. The molecule has 3 aliphatic heterocycles.